The molecule has 2 rings (SSSR count). The minimum atomic E-state index is -0.284. The van der Waals surface area contributed by atoms with Crippen LogP contribution in [-0.4, -0.2) is 27.3 Å². The van der Waals surface area contributed by atoms with Gasteiger partial charge in [0.05, 0.1) is 4.92 Å². The molecule has 0 bridgehead atoms. The van der Waals surface area contributed by atoms with Gasteiger partial charge in [-0.05, 0) is 45.6 Å². The summed E-state index contributed by atoms with van der Waals surface area (Å²) in [4.78, 5) is 11.0. The Kier molecular flexibility index (Phi) is 4.75. The van der Waals surface area contributed by atoms with Crippen LogP contribution in [0.25, 0.3) is 0 Å². The van der Waals surface area contributed by atoms with Gasteiger partial charge in [-0.3, -0.25) is 14.8 Å². The Balaban J connectivity index is 2.23. The highest BCUT2D eigenvalue weighted by molar-refractivity contribution is 5.41. The van der Waals surface area contributed by atoms with Crippen LogP contribution in [0.5, 0.6) is 0 Å². The number of rotatable bonds is 8. The molecule has 0 spiro atoms. The van der Waals surface area contributed by atoms with E-state index in [0.717, 1.165) is 18.7 Å². The lowest BCUT2D eigenvalue weighted by atomic mass is 10.0. The van der Waals surface area contributed by atoms with Gasteiger partial charge in [-0.1, -0.05) is 6.92 Å². The average Bonchev–Trinajstić information content (AvgIpc) is 3.19. The first-order valence-electron chi connectivity index (χ1n) is 7.52. The van der Waals surface area contributed by atoms with E-state index < -0.39 is 0 Å². The maximum absolute atomic E-state index is 11.3. The third kappa shape index (κ3) is 3.17. The van der Waals surface area contributed by atoms with Crippen LogP contribution in [0, 0.1) is 23.0 Å². The SMILES string of the molecule is CCCNC(Cc1c([N+](=O)[O-])c(C)nn1CC)C1CC1. The van der Waals surface area contributed by atoms with E-state index >= 15 is 0 Å². The third-order valence-electron chi connectivity index (χ3n) is 3.94. The van der Waals surface area contributed by atoms with Crippen molar-refractivity contribution in [3.63, 3.8) is 0 Å². The molecular weight excluding hydrogens is 256 g/mol. The van der Waals surface area contributed by atoms with Gasteiger partial charge in [0.25, 0.3) is 0 Å². The minimum Gasteiger partial charge on any atom is -0.313 e. The zero-order chi connectivity index (χ0) is 14.7. The molecule has 1 aliphatic carbocycles. The fourth-order valence-corrected chi connectivity index (χ4v) is 2.76. The summed E-state index contributed by atoms with van der Waals surface area (Å²) >= 11 is 0. The number of hydrogen-bond donors (Lipinski definition) is 1. The van der Waals surface area contributed by atoms with Gasteiger partial charge in [0.15, 0.2) is 0 Å². The summed E-state index contributed by atoms with van der Waals surface area (Å²) in [6.07, 6.45) is 4.25. The van der Waals surface area contributed by atoms with E-state index in [0.29, 0.717) is 30.6 Å². The first-order chi connectivity index (χ1) is 9.58. The van der Waals surface area contributed by atoms with Crippen LogP contribution in [0.1, 0.15) is 44.5 Å². The predicted molar refractivity (Wildman–Crippen MR) is 77.8 cm³/mol. The monoisotopic (exact) mass is 280 g/mol. The molecule has 1 unspecified atom stereocenters. The molecule has 1 atom stereocenters. The normalized spacial score (nSPS) is 16.4. The molecule has 1 aromatic rings. The van der Waals surface area contributed by atoms with Gasteiger partial charge >= 0.3 is 5.69 Å². The van der Waals surface area contributed by atoms with Crippen molar-refractivity contribution >= 4 is 5.69 Å². The Labute approximate surface area is 119 Å². The Hall–Kier alpha value is -1.43. The molecule has 1 fully saturated rings. The van der Waals surface area contributed by atoms with Crippen molar-refractivity contribution in [2.75, 3.05) is 6.54 Å². The highest BCUT2D eigenvalue weighted by Gasteiger charge is 2.34. The van der Waals surface area contributed by atoms with Gasteiger partial charge in [0, 0.05) is 19.0 Å². The molecule has 0 aliphatic heterocycles. The van der Waals surface area contributed by atoms with Crippen molar-refractivity contribution in [3.8, 4) is 0 Å². The number of aromatic nitrogens is 2. The van der Waals surface area contributed by atoms with E-state index in [9.17, 15) is 10.1 Å². The number of aryl methyl sites for hydroxylation is 2. The Bertz CT molecular complexity index is 480. The molecule has 0 radical (unpaired) electrons. The zero-order valence-corrected chi connectivity index (χ0v) is 12.6. The summed E-state index contributed by atoms with van der Waals surface area (Å²) in [5, 5.41) is 19.1. The quantitative estimate of drug-likeness (QED) is 0.586. The lowest BCUT2D eigenvalue weighted by Gasteiger charge is -2.18. The molecule has 1 aromatic heterocycles. The van der Waals surface area contributed by atoms with Crippen molar-refractivity contribution in [1.29, 1.82) is 0 Å². The largest absolute Gasteiger partial charge is 0.313 e. The van der Waals surface area contributed by atoms with Gasteiger partial charge in [-0.25, -0.2) is 0 Å². The summed E-state index contributed by atoms with van der Waals surface area (Å²) in [7, 11) is 0. The van der Waals surface area contributed by atoms with Crippen molar-refractivity contribution in [2.45, 2.75) is 59.0 Å². The van der Waals surface area contributed by atoms with Crippen molar-refractivity contribution in [2.24, 2.45) is 5.92 Å². The maximum Gasteiger partial charge on any atom is 0.313 e. The number of nitrogens with one attached hydrogen (secondary N) is 1. The topological polar surface area (TPSA) is 73.0 Å². The summed E-state index contributed by atoms with van der Waals surface area (Å²) in [5.41, 5.74) is 1.50. The van der Waals surface area contributed by atoms with Gasteiger partial charge in [-0.2, -0.15) is 5.10 Å². The molecule has 1 N–H and O–H groups in total. The minimum absolute atomic E-state index is 0.204. The average molecular weight is 280 g/mol. The second-order valence-electron chi connectivity index (χ2n) is 5.56. The fourth-order valence-electron chi connectivity index (χ4n) is 2.76. The van der Waals surface area contributed by atoms with E-state index in [4.69, 9.17) is 0 Å². The molecule has 6 heteroatoms. The second kappa shape index (κ2) is 6.35. The number of nitro groups is 1. The molecule has 0 amide bonds. The second-order valence-corrected chi connectivity index (χ2v) is 5.56. The van der Waals surface area contributed by atoms with Crippen LogP contribution in [0.4, 0.5) is 5.69 Å². The summed E-state index contributed by atoms with van der Waals surface area (Å²) in [6.45, 7) is 7.48. The van der Waals surface area contributed by atoms with Crippen molar-refractivity contribution in [3.05, 3.63) is 21.5 Å². The molecule has 20 heavy (non-hydrogen) atoms. The van der Waals surface area contributed by atoms with Crippen LogP contribution in [-0.2, 0) is 13.0 Å². The Morgan fingerprint density at radius 1 is 1.50 bits per heavy atom. The fraction of sp³-hybridized carbons (Fsp3) is 0.786. The van der Waals surface area contributed by atoms with Crippen molar-refractivity contribution in [1.82, 2.24) is 15.1 Å². The van der Waals surface area contributed by atoms with Crippen LogP contribution < -0.4 is 5.32 Å². The van der Waals surface area contributed by atoms with Crippen LogP contribution in [0.2, 0.25) is 0 Å². The first kappa shape index (κ1) is 15.0. The van der Waals surface area contributed by atoms with E-state index in [2.05, 4.69) is 17.3 Å². The number of hydrogen-bond acceptors (Lipinski definition) is 4. The van der Waals surface area contributed by atoms with Gasteiger partial charge in [0.2, 0.25) is 0 Å². The van der Waals surface area contributed by atoms with Gasteiger partial charge < -0.3 is 5.32 Å². The molecule has 1 saturated carbocycles. The molecule has 0 aromatic carbocycles. The summed E-state index contributed by atoms with van der Waals surface area (Å²) < 4.78 is 1.79. The van der Waals surface area contributed by atoms with Gasteiger partial charge in [-0.15, -0.1) is 0 Å². The lowest BCUT2D eigenvalue weighted by Crippen LogP contribution is -2.34. The summed E-state index contributed by atoms with van der Waals surface area (Å²) in [5.74, 6) is 0.668. The first-order valence-corrected chi connectivity index (χ1v) is 7.52. The molecular formula is C14H24N4O2. The van der Waals surface area contributed by atoms with Gasteiger partial charge in [0.1, 0.15) is 11.4 Å². The lowest BCUT2D eigenvalue weighted by molar-refractivity contribution is -0.386. The standard InChI is InChI=1S/C14H24N4O2/c1-4-8-15-12(11-6-7-11)9-13-14(18(19)20)10(3)16-17(13)5-2/h11-12,15H,4-9H2,1-3H3. The Morgan fingerprint density at radius 2 is 2.20 bits per heavy atom. The number of nitrogens with zero attached hydrogens (tertiary/aromatic N) is 3. The van der Waals surface area contributed by atoms with Crippen LogP contribution in [0.3, 0.4) is 0 Å². The smallest absolute Gasteiger partial charge is 0.313 e. The highest BCUT2D eigenvalue weighted by atomic mass is 16.6. The van der Waals surface area contributed by atoms with E-state index in [1.54, 1.807) is 11.6 Å². The Morgan fingerprint density at radius 3 is 2.70 bits per heavy atom. The van der Waals surface area contributed by atoms with E-state index in [1.807, 2.05) is 6.92 Å². The molecule has 1 aliphatic rings. The maximum atomic E-state index is 11.3. The molecule has 112 valence electrons. The third-order valence-corrected chi connectivity index (χ3v) is 3.94. The van der Waals surface area contributed by atoms with E-state index in [1.165, 1.54) is 12.8 Å². The zero-order valence-electron chi connectivity index (χ0n) is 12.6. The molecule has 6 nitrogen and oxygen atoms in total. The van der Waals surface area contributed by atoms with Crippen LogP contribution in [0.15, 0.2) is 0 Å². The highest BCUT2D eigenvalue weighted by Crippen LogP contribution is 2.35. The molecule has 0 saturated heterocycles. The predicted octanol–water partition coefficient (Wildman–Crippen LogP) is 2.44. The summed E-state index contributed by atoms with van der Waals surface area (Å²) in [6, 6.07) is 0.343. The van der Waals surface area contributed by atoms with Crippen LogP contribution >= 0.6 is 0 Å². The van der Waals surface area contributed by atoms with Crippen molar-refractivity contribution < 1.29 is 4.92 Å². The molecule has 1 heterocycles. The van der Waals surface area contributed by atoms with E-state index in [-0.39, 0.29) is 10.6 Å².